The largest absolute Gasteiger partial charge is 0.507 e. The van der Waals surface area contributed by atoms with Crippen molar-refractivity contribution in [3.8, 4) is 22.8 Å². The number of para-hydroxylation sites is 1. The van der Waals surface area contributed by atoms with E-state index in [0.29, 0.717) is 21.6 Å². The van der Waals surface area contributed by atoms with Gasteiger partial charge in [-0.15, -0.1) is 0 Å². The van der Waals surface area contributed by atoms with Crippen LogP contribution in [0.4, 0.5) is 0 Å². The van der Waals surface area contributed by atoms with Gasteiger partial charge in [0.25, 0.3) is 0 Å². The second-order valence-electron chi connectivity index (χ2n) is 4.30. The van der Waals surface area contributed by atoms with Gasteiger partial charge in [-0.1, -0.05) is 29.7 Å². The standard InChI is InChI=1S/C14H10BN3OS/c15-9-5-7-10(8-6-9)18-13(16-17-14(18)20)11-3-1-2-4-12(11)19/h1-8,19H,(H,17,20). The molecule has 0 saturated heterocycles. The van der Waals surface area contributed by atoms with E-state index < -0.39 is 0 Å². The monoisotopic (exact) mass is 279 g/mol. The normalized spacial score (nSPS) is 10.6. The molecule has 96 valence electrons. The Morgan fingerprint density at radius 3 is 2.50 bits per heavy atom. The van der Waals surface area contributed by atoms with Gasteiger partial charge in [-0.3, -0.25) is 9.67 Å². The lowest BCUT2D eigenvalue weighted by atomic mass is 9.96. The molecule has 1 aromatic heterocycles. The number of H-pyrrole nitrogens is 1. The van der Waals surface area contributed by atoms with Crippen molar-refractivity contribution in [2.75, 3.05) is 0 Å². The Bertz CT molecular complexity index is 808. The highest BCUT2D eigenvalue weighted by atomic mass is 32.1. The lowest BCUT2D eigenvalue weighted by Crippen LogP contribution is -2.03. The summed E-state index contributed by atoms with van der Waals surface area (Å²) < 4.78 is 2.21. The second kappa shape index (κ2) is 4.98. The maximum Gasteiger partial charge on any atom is 0.200 e. The topological polar surface area (TPSA) is 53.8 Å². The van der Waals surface area contributed by atoms with Gasteiger partial charge in [0.1, 0.15) is 13.6 Å². The molecule has 6 heteroatoms. The summed E-state index contributed by atoms with van der Waals surface area (Å²) in [5.74, 6) is 0.705. The highest BCUT2D eigenvalue weighted by Crippen LogP contribution is 2.28. The van der Waals surface area contributed by atoms with Gasteiger partial charge in [-0.25, -0.2) is 0 Å². The molecular formula is C14H10BN3OS. The van der Waals surface area contributed by atoms with Crippen LogP contribution < -0.4 is 5.46 Å². The molecule has 0 spiro atoms. The molecule has 2 radical (unpaired) electrons. The summed E-state index contributed by atoms with van der Waals surface area (Å²) in [7, 11) is 5.69. The zero-order valence-electron chi connectivity index (χ0n) is 10.4. The van der Waals surface area contributed by atoms with Crippen molar-refractivity contribution in [2.24, 2.45) is 0 Å². The Balaban J connectivity index is 2.23. The summed E-state index contributed by atoms with van der Waals surface area (Å²) in [6, 6.07) is 14.3. The van der Waals surface area contributed by atoms with Crippen LogP contribution in [0.1, 0.15) is 0 Å². The van der Waals surface area contributed by atoms with E-state index in [2.05, 4.69) is 10.2 Å². The van der Waals surface area contributed by atoms with E-state index in [9.17, 15) is 5.11 Å². The van der Waals surface area contributed by atoms with Crippen LogP contribution in [0.15, 0.2) is 48.5 Å². The highest BCUT2D eigenvalue weighted by molar-refractivity contribution is 7.71. The summed E-state index contributed by atoms with van der Waals surface area (Å²) in [6.07, 6.45) is 0. The Morgan fingerprint density at radius 1 is 1.10 bits per heavy atom. The van der Waals surface area contributed by atoms with Crippen molar-refractivity contribution in [3.05, 3.63) is 53.3 Å². The molecule has 1 heterocycles. The van der Waals surface area contributed by atoms with Gasteiger partial charge in [0.05, 0.1) is 5.56 Å². The number of nitrogens with zero attached hydrogens (tertiary/aromatic N) is 2. The molecule has 2 aromatic carbocycles. The first-order chi connectivity index (χ1) is 9.66. The van der Waals surface area contributed by atoms with E-state index >= 15 is 0 Å². The number of nitrogens with one attached hydrogen (secondary N) is 1. The first-order valence-electron chi connectivity index (χ1n) is 5.98. The average Bonchev–Trinajstić information content (AvgIpc) is 2.82. The highest BCUT2D eigenvalue weighted by Gasteiger charge is 2.13. The summed E-state index contributed by atoms with van der Waals surface area (Å²) in [4.78, 5) is 0. The predicted octanol–water partition coefficient (Wildman–Crippen LogP) is 2.10. The van der Waals surface area contributed by atoms with Crippen LogP contribution in [-0.4, -0.2) is 27.7 Å². The fraction of sp³-hybridized carbons (Fsp3) is 0. The van der Waals surface area contributed by atoms with Crippen molar-refractivity contribution >= 4 is 25.5 Å². The van der Waals surface area contributed by atoms with Gasteiger partial charge in [-0.2, -0.15) is 5.10 Å². The zero-order valence-corrected chi connectivity index (χ0v) is 11.3. The van der Waals surface area contributed by atoms with Gasteiger partial charge in [0, 0.05) is 5.69 Å². The van der Waals surface area contributed by atoms with E-state index in [4.69, 9.17) is 20.1 Å². The van der Waals surface area contributed by atoms with Gasteiger partial charge in [-0.05, 0) is 36.5 Å². The summed E-state index contributed by atoms with van der Waals surface area (Å²) >= 11 is 5.26. The number of phenolic OH excluding ortho intramolecular Hbond substituents is 1. The molecule has 0 unspecified atom stereocenters. The summed E-state index contributed by atoms with van der Waals surface area (Å²) in [5, 5.41) is 16.9. The Kier molecular flexibility index (Phi) is 3.16. The fourth-order valence-electron chi connectivity index (χ4n) is 2.00. The third-order valence-electron chi connectivity index (χ3n) is 2.97. The van der Waals surface area contributed by atoms with Gasteiger partial charge >= 0.3 is 0 Å². The summed E-state index contributed by atoms with van der Waals surface area (Å²) in [5.41, 5.74) is 2.11. The molecule has 2 N–H and O–H groups in total. The maximum atomic E-state index is 9.97. The number of aromatic hydroxyl groups is 1. The van der Waals surface area contributed by atoms with Crippen LogP contribution in [0.2, 0.25) is 0 Å². The first-order valence-corrected chi connectivity index (χ1v) is 6.39. The van der Waals surface area contributed by atoms with Crippen LogP contribution in [0.3, 0.4) is 0 Å². The van der Waals surface area contributed by atoms with Gasteiger partial charge in [0.2, 0.25) is 0 Å². The van der Waals surface area contributed by atoms with Crippen molar-refractivity contribution in [1.82, 2.24) is 14.8 Å². The zero-order chi connectivity index (χ0) is 14.1. The number of phenols is 1. The van der Waals surface area contributed by atoms with Gasteiger partial charge < -0.3 is 5.11 Å². The van der Waals surface area contributed by atoms with Crippen molar-refractivity contribution < 1.29 is 5.11 Å². The molecule has 20 heavy (non-hydrogen) atoms. The molecule has 0 amide bonds. The lowest BCUT2D eigenvalue weighted by Gasteiger charge is -2.08. The number of hydrogen-bond donors (Lipinski definition) is 2. The first kappa shape index (κ1) is 12.7. The molecule has 0 atom stereocenters. The van der Waals surface area contributed by atoms with Crippen molar-refractivity contribution in [3.63, 3.8) is 0 Å². The second-order valence-corrected chi connectivity index (χ2v) is 4.68. The average molecular weight is 279 g/mol. The molecule has 3 rings (SSSR count). The SMILES string of the molecule is [B]c1ccc(-n2c(-c3ccccc3O)n[nH]c2=S)cc1. The Labute approximate surface area is 122 Å². The number of aromatic nitrogens is 3. The molecule has 0 saturated carbocycles. The minimum Gasteiger partial charge on any atom is -0.507 e. The molecule has 0 aliphatic carbocycles. The molecule has 4 nitrogen and oxygen atoms in total. The number of aromatic amines is 1. The Morgan fingerprint density at radius 2 is 1.80 bits per heavy atom. The molecule has 0 fully saturated rings. The van der Waals surface area contributed by atoms with Gasteiger partial charge in [0.15, 0.2) is 10.6 Å². The quantitative estimate of drug-likeness (QED) is 0.558. The van der Waals surface area contributed by atoms with E-state index in [1.54, 1.807) is 34.9 Å². The van der Waals surface area contributed by atoms with Crippen LogP contribution in [0, 0.1) is 4.77 Å². The molecule has 0 aliphatic heterocycles. The third kappa shape index (κ3) is 2.14. The number of rotatable bonds is 2. The summed E-state index contributed by atoms with van der Waals surface area (Å²) in [6.45, 7) is 0. The Hall–Kier alpha value is -2.34. The molecule has 0 aliphatic rings. The minimum atomic E-state index is 0.151. The molecular weight excluding hydrogens is 269 g/mol. The molecule has 0 bridgehead atoms. The molecule has 3 aromatic rings. The van der Waals surface area contributed by atoms with E-state index in [-0.39, 0.29) is 5.75 Å². The van der Waals surface area contributed by atoms with E-state index in [1.165, 1.54) is 0 Å². The minimum absolute atomic E-state index is 0.151. The maximum absolute atomic E-state index is 9.97. The predicted molar refractivity (Wildman–Crippen MR) is 81.2 cm³/mol. The van der Waals surface area contributed by atoms with Crippen LogP contribution >= 0.6 is 12.2 Å². The van der Waals surface area contributed by atoms with E-state index in [1.807, 2.05) is 18.2 Å². The smallest absolute Gasteiger partial charge is 0.200 e. The van der Waals surface area contributed by atoms with Crippen LogP contribution in [0.5, 0.6) is 5.75 Å². The van der Waals surface area contributed by atoms with E-state index in [0.717, 1.165) is 5.69 Å². The van der Waals surface area contributed by atoms with Crippen molar-refractivity contribution in [1.29, 1.82) is 0 Å². The number of hydrogen-bond acceptors (Lipinski definition) is 3. The van der Waals surface area contributed by atoms with Crippen LogP contribution in [-0.2, 0) is 0 Å². The fourth-order valence-corrected chi connectivity index (χ4v) is 2.24. The van der Waals surface area contributed by atoms with Crippen LogP contribution in [0.25, 0.3) is 17.1 Å². The van der Waals surface area contributed by atoms with Crippen molar-refractivity contribution in [2.45, 2.75) is 0 Å². The third-order valence-corrected chi connectivity index (χ3v) is 3.24. The lowest BCUT2D eigenvalue weighted by molar-refractivity contribution is 0.476. The number of benzene rings is 2.